The van der Waals surface area contributed by atoms with Gasteiger partial charge in [0.15, 0.2) is 11.5 Å². The lowest BCUT2D eigenvalue weighted by Gasteiger charge is -2.13. The van der Waals surface area contributed by atoms with Crippen LogP contribution in [0.15, 0.2) is 36.7 Å². The van der Waals surface area contributed by atoms with Gasteiger partial charge in [0, 0.05) is 24.1 Å². The number of rotatable bonds is 3. The van der Waals surface area contributed by atoms with E-state index < -0.39 is 12.1 Å². The average molecular weight is 271 g/mol. The van der Waals surface area contributed by atoms with Crippen molar-refractivity contribution in [2.24, 2.45) is 0 Å². The van der Waals surface area contributed by atoms with Crippen LogP contribution >= 0.6 is 0 Å². The third-order valence-corrected chi connectivity index (χ3v) is 1.94. The first-order valence-electron chi connectivity index (χ1n) is 5.04. The van der Waals surface area contributed by atoms with Crippen LogP contribution in [-0.4, -0.2) is 16.3 Å². The molecule has 0 radical (unpaired) electrons. The summed E-state index contributed by atoms with van der Waals surface area (Å²) in [6, 6.07) is 4.94. The highest BCUT2D eigenvalue weighted by Crippen LogP contribution is 2.35. The Labute approximate surface area is 105 Å². The zero-order valence-electron chi connectivity index (χ0n) is 9.39. The van der Waals surface area contributed by atoms with E-state index in [1.54, 1.807) is 6.07 Å². The molecule has 2 aromatic rings. The Morgan fingerprint density at radius 2 is 1.74 bits per heavy atom. The van der Waals surface area contributed by atoms with Crippen LogP contribution in [0.5, 0.6) is 17.5 Å². The summed E-state index contributed by atoms with van der Waals surface area (Å²) in [5.41, 5.74) is 5.71. The molecule has 2 rings (SSSR count). The molecule has 0 saturated heterocycles. The summed E-state index contributed by atoms with van der Waals surface area (Å²) in [6.45, 7) is 0. The van der Waals surface area contributed by atoms with Crippen molar-refractivity contribution in [1.82, 2.24) is 9.97 Å². The van der Waals surface area contributed by atoms with E-state index >= 15 is 0 Å². The Morgan fingerprint density at radius 3 is 2.37 bits per heavy atom. The van der Waals surface area contributed by atoms with Crippen LogP contribution in [0.3, 0.4) is 0 Å². The molecule has 0 saturated carbocycles. The molecule has 2 N–H and O–H groups in total. The SMILES string of the molecule is Nc1ccc(OC(F)(F)F)c(Oc2ncccn2)c1. The largest absolute Gasteiger partial charge is 0.573 e. The Kier molecular flexibility index (Phi) is 3.41. The van der Waals surface area contributed by atoms with Crippen molar-refractivity contribution in [3.8, 4) is 17.5 Å². The summed E-state index contributed by atoms with van der Waals surface area (Å²) in [7, 11) is 0. The lowest BCUT2D eigenvalue weighted by Crippen LogP contribution is -2.17. The maximum atomic E-state index is 12.2. The van der Waals surface area contributed by atoms with Crippen molar-refractivity contribution in [2.75, 3.05) is 5.73 Å². The van der Waals surface area contributed by atoms with Gasteiger partial charge in [-0.3, -0.25) is 0 Å². The molecule has 0 spiro atoms. The zero-order valence-corrected chi connectivity index (χ0v) is 9.39. The predicted molar refractivity (Wildman–Crippen MR) is 59.6 cm³/mol. The van der Waals surface area contributed by atoms with E-state index in [1.807, 2.05) is 0 Å². The van der Waals surface area contributed by atoms with E-state index in [-0.39, 0.29) is 17.4 Å². The topological polar surface area (TPSA) is 70.3 Å². The first-order chi connectivity index (χ1) is 8.94. The molecule has 1 heterocycles. The van der Waals surface area contributed by atoms with E-state index in [0.717, 1.165) is 6.07 Å². The van der Waals surface area contributed by atoms with E-state index in [2.05, 4.69) is 14.7 Å². The van der Waals surface area contributed by atoms with Crippen molar-refractivity contribution >= 4 is 5.69 Å². The minimum atomic E-state index is -4.83. The molecule has 0 unspecified atom stereocenters. The molecule has 5 nitrogen and oxygen atoms in total. The van der Waals surface area contributed by atoms with Gasteiger partial charge in [-0.15, -0.1) is 13.2 Å². The third-order valence-electron chi connectivity index (χ3n) is 1.94. The van der Waals surface area contributed by atoms with Gasteiger partial charge in [0.2, 0.25) is 0 Å². The fourth-order valence-electron chi connectivity index (χ4n) is 1.25. The van der Waals surface area contributed by atoms with E-state index in [1.165, 1.54) is 24.5 Å². The smallest absolute Gasteiger partial charge is 0.420 e. The number of hydrogen-bond acceptors (Lipinski definition) is 5. The summed E-state index contributed by atoms with van der Waals surface area (Å²) in [5, 5.41) is 0. The van der Waals surface area contributed by atoms with Gasteiger partial charge in [0.05, 0.1) is 0 Å². The molecule has 8 heteroatoms. The van der Waals surface area contributed by atoms with Crippen molar-refractivity contribution < 1.29 is 22.6 Å². The summed E-state index contributed by atoms with van der Waals surface area (Å²) in [4.78, 5) is 7.46. The van der Waals surface area contributed by atoms with Crippen LogP contribution in [0.2, 0.25) is 0 Å². The Hall–Kier alpha value is -2.51. The molecular formula is C11H8F3N3O2. The van der Waals surface area contributed by atoms with Gasteiger partial charge in [-0.1, -0.05) is 0 Å². The quantitative estimate of drug-likeness (QED) is 0.869. The number of benzene rings is 1. The molecule has 1 aromatic carbocycles. The Balaban J connectivity index is 2.30. The first kappa shape index (κ1) is 12.9. The molecule has 0 aliphatic rings. The molecule has 0 fully saturated rings. The lowest BCUT2D eigenvalue weighted by atomic mass is 10.3. The Morgan fingerprint density at radius 1 is 1.05 bits per heavy atom. The summed E-state index contributed by atoms with van der Waals surface area (Å²) < 4.78 is 45.6. The second kappa shape index (κ2) is 5.01. The number of hydrogen-bond donors (Lipinski definition) is 1. The summed E-state index contributed by atoms with van der Waals surface area (Å²) in [6.07, 6.45) is -2.05. The van der Waals surface area contributed by atoms with Crippen LogP contribution in [-0.2, 0) is 0 Å². The third kappa shape index (κ3) is 3.73. The van der Waals surface area contributed by atoms with Crippen LogP contribution in [0.25, 0.3) is 0 Å². The fraction of sp³-hybridized carbons (Fsp3) is 0.0909. The number of halogens is 3. The van der Waals surface area contributed by atoms with Gasteiger partial charge in [0.1, 0.15) is 0 Å². The van der Waals surface area contributed by atoms with Gasteiger partial charge >= 0.3 is 12.4 Å². The van der Waals surface area contributed by atoms with Crippen molar-refractivity contribution in [3.05, 3.63) is 36.7 Å². The highest BCUT2D eigenvalue weighted by Gasteiger charge is 2.32. The van der Waals surface area contributed by atoms with Crippen LogP contribution < -0.4 is 15.2 Å². The van der Waals surface area contributed by atoms with Crippen molar-refractivity contribution in [3.63, 3.8) is 0 Å². The molecule has 19 heavy (non-hydrogen) atoms. The standard InChI is InChI=1S/C11H8F3N3O2/c12-11(13,14)19-8-3-2-7(15)6-9(8)18-10-16-4-1-5-17-10/h1-6H,15H2. The fourth-order valence-corrected chi connectivity index (χ4v) is 1.25. The molecule has 0 amide bonds. The number of alkyl halides is 3. The molecule has 1 aromatic heterocycles. The number of ether oxygens (including phenoxy) is 2. The summed E-state index contributed by atoms with van der Waals surface area (Å²) >= 11 is 0. The number of anilines is 1. The second-order valence-electron chi connectivity index (χ2n) is 3.39. The minimum absolute atomic E-state index is 0.111. The van der Waals surface area contributed by atoms with E-state index in [0.29, 0.717) is 0 Å². The minimum Gasteiger partial charge on any atom is -0.420 e. The van der Waals surface area contributed by atoms with Crippen LogP contribution in [0.1, 0.15) is 0 Å². The first-order valence-corrected chi connectivity index (χ1v) is 5.04. The maximum absolute atomic E-state index is 12.2. The molecule has 0 aliphatic carbocycles. The number of nitrogens with two attached hydrogens (primary N) is 1. The predicted octanol–water partition coefficient (Wildman–Crippen LogP) is 2.75. The average Bonchev–Trinajstić information content (AvgIpc) is 2.32. The number of aromatic nitrogens is 2. The summed E-state index contributed by atoms with van der Waals surface area (Å²) in [5.74, 6) is -0.738. The zero-order chi connectivity index (χ0) is 13.9. The van der Waals surface area contributed by atoms with E-state index in [9.17, 15) is 13.2 Å². The van der Waals surface area contributed by atoms with Gasteiger partial charge in [-0.05, 0) is 18.2 Å². The molecule has 0 aliphatic heterocycles. The molecule has 0 atom stereocenters. The lowest BCUT2D eigenvalue weighted by molar-refractivity contribution is -0.275. The van der Waals surface area contributed by atoms with Gasteiger partial charge in [0.25, 0.3) is 0 Å². The molecular weight excluding hydrogens is 263 g/mol. The monoisotopic (exact) mass is 271 g/mol. The molecule has 100 valence electrons. The van der Waals surface area contributed by atoms with Crippen LogP contribution in [0, 0.1) is 0 Å². The van der Waals surface area contributed by atoms with E-state index in [4.69, 9.17) is 10.5 Å². The van der Waals surface area contributed by atoms with Crippen molar-refractivity contribution in [1.29, 1.82) is 0 Å². The number of nitrogens with zero attached hydrogens (tertiary/aromatic N) is 2. The van der Waals surface area contributed by atoms with Gasteiger partial charge in [-0.2, -0.15) is 0 Å². The van der Waals surface area contributed by atoms with Gasteiger partial charge < -0.3 is 15.2 Å². The van der Waals surface area contributed by atoms with Gasteiger partial charge in [-0.25, -0.2) is 9.97 Å². The molecule has 0 bridgehead atoms. The maximum Gasteiger partial charge on any atom is 0.573 e. The van der Waals surface area contributed by atoms with Crippen molar-refractivity contribution in [2.45, 2.75) is 6.36 Å². The van der Waals surface area contributed by atoms with Crippen LogP contribution in [0.4, 0.5) is 18.9 Å². The highest BCUT2D eigenvalue weighted by molar-refractivity contribution is 5.52. The second-order valence-corrected chi connectivity index (χ2v) is 3.39. The number of nitrogen functional groups attached to an aromatic ring is 1. The normalized spacial score (nSPS) is 11.1. The Bertz CT molecular complexity index is 561. The highest BCUT2D eigenvalue weighted by atomic mass is 19.4.